The van der Waals surface area contributed by atoms with Gasteiger partial charge in [0.1, 0.15) is 5.75 Å². The van der Waals surface area contributed by atoms with Gasteiger partial charge in [-0.3, -0.25) is 9.69 Å². The number of hydrogen-bond acceptors (Lipinski definition) is 6. The molecule has 0 bridgehead atoms. The first kappa shape index (κ1) is 23.1. The molecule has 1 amide bonds. The molecule has 1 N–H and O–H groups in total. The molecular formula is C25H28N2O5S. The minimum Gasteiger partial charge on any atom is -0.497 e. The van der Waals surface area contributed by atoms with Crippen LogP contribution < -0.4 is 10.1 Å². The van der Waals surface area contributed by atoms with Crippen LogP contribution in [0.4, 0.5) is 0 Å². The Bertz CT molecular complexity index is 1180. The molecule has 3 aromatic rings. The van der Waals surface area contributed by atoms with Crippen molar-refractivity contribution in [2.75, 3.05) is 20.2 Å². The van der Waals surface area contributed by atoms with Gasteiger partial charge in [-0.15, -0.1) is 0 Å². The molecule has 0 atom stereocenters. The lowest BCUT2D eigenvalue weighted by atomic mass is 10.0. The summed E-state index contributed by atoms with van der Waals surface area (Å²) in [5.74, 6) is 0.255. The highest BCUT2D eigenvalue weighted by molar-refractivity contribution is 7.90. The molecule has 1 fully saturated rings. The molecule has 0 unspecified atom stereocenters. The van der Waals surface area contributed by atoms with Crippen LogP contribution in [0.2, 0.25) is 0 Å². The van der Waals surface area contributed by atoms with E-state index in [1.54, 1.807) is 43.5 Å². The summed E-state index contributed by atoms with van der Waals surface area (Å²) >= 11 is 0. The highest BCUT2D eigenvalue weighted by Gasteiger charge is 2.26. The topological polar surface area (TPSA) is 88.8 Å². The van der Waals surface area contributed by atoms with Crippen molar-refractivity contribution in [3.8, 4) is 5.75 Å². The van der Waals surface area contributed by atoms with Gasteiger partial charge in [-0.05, 0) is 48.7 Å². The summed E-state index contributed by atoms with van der Waals surface area (Å²) in [6.07, 6.45) is 2.99. The van der Waals surface area contributed by atoms with Crippen LogP contribution in [0, 0.1) is 0 Å². The SMILES string of the molecule is COc1cccc(CN2CCC(NC(=O)c3occc3CS(=O)(=O)c3ccccc3)CC2)c1. The number of ether oxygens (including phenoxy) is 1. The molecule has 0 aliphatic carbocycles. The Hall–Kier alpha value is -3.10. The number of benzene rings is 2. The van der Waals surface area contributed by atoms with E-state index < -0.39 is 9.84 Å². The normalized spacial score (nSPS) is 15.3. The predicted octanol–water partition coefficient (Wildman–Crippen LogP) is 3.66. The first-order valence-corrected chi connectivity index (χ1v) is 12.6. The third-order valence-electron chi connectivity index (χ3n) is 5.86. The fourth-order valence-electron chi connectivity index (χ4n) is 4.08. The van der Waals surface area contributed by atoms with Gasteiger partial charge in [-0.25, -0.2) is 8.42 Å². The third kappa shape index (κ3) is 5.83. The lowest BCUT2D eigenvalue weighted by molar-refractivity contribution is 0.0880. The number of methoxy groups -OCH3 is 1. The van der Waals surface area contributed by atoms with Gasteiger partial charge in [0, 0.05) is 31.2 Å². The molecule has 1 aromatic heterocycles. The Morgan fingerprint density at radius 3 is 2.58 bits per heavy atom. The van der Waals surface area contributed by atoms with Crippen molar-refractivity contribution in [3.05, 3.63) is 83.8 Å². The van der Waals surface area contributed by atoms with Gasteiger partial charge >= 0.3 is 0 Å². The quantitative estimate of drug-likeness (QED) is 0.543. The van der Waals surface area contributed by atoms with Crippen LogP contribution in [0.25, 0.3) is 0 Å². The molecule has 1 saturated heterocycles. The van der Waals surface area contributed by atoms with Crippen molar-refractivity contribution in [3.63, 3.8) is 0 Å². The zero-order valence-electron chi connectivity index (χ0n) is 18.6. The molecule has 2 heterocycles. The molecule has 4 rings (SSSR count). The summed E-state index contributed by atoms with van der Waals surface area (Å²) in [7, 11) is -1.91. The van der Waals surface area contributed by atoms with E-state index in [0.717, 1.165) is 38.2 Å². The Kier molecular flexibility index (Phi) is 7.15. The Morgan fingerprint density at radius 2 is 1.85 bits per heavy atom. The number of carbonyl (C=O) groups excluding carboxylic acids is 1. The van der Waals surface area contributed by atoms with Gasteiger partial charge in [-0.2, -0.15) is 0 Å². The lowest BCUT2D eigenvalue weighted by Gasteiger charge is -2.32. The molecule has 1 aliphatic heterocycles. The van der Waals surface area contributed by atoms with E-state index in [2.05, 4.69) is 16.3 Å². The predicted molar refractivity (Wildman–Crippen MR) is 125 cm³/mol. The van der Waals surface area contributed by atoms with Crippen LogP contribution in [-0.4, -0.2) is 45.5 Å². The number of nitrogens with one attached hydrogen (secondary N) is 1. The molecule has 0 saturated carbocycles. The van der Waals surface area contributed by atoms with Gasteiger partial charge in [0.15, 0.2) is 15.6 Å². The number of piperidine rings is 1. The summed E-state index contributed by atoms with van der Waals surface area (Å²) in [5, 5.41) is 3.02. The van der Waals surface area contributed by atoms with Crippen molar-refractivity contribution >= 4 is 15.7 Å². The molecule has 0 radical (unpaired) electrons. The standard InChI is InChI=1S/C25H28N2O5S/c1-31-22-7-5-6-19(16-22)17-27-13-10-21(11-14-27)26-25(28)24-20(12-15-32-24)18-33(29,30)23-8-3-2-4-9-23/h2-9,12,15-16,21H,10-11,13-14,17-18H2,1H3,(H,26,28). The lowest BCUT2D eigenvalue weighted by Crippen LogP contribution is -2.44. The van der Waals surface area contributed by atoms with E-state index in [1.165, 1.54) is 11.8 Å². The first-order chi connectivity index (χ1) is 15.9. The average molecular weight is 469 g/mol. The summed E-state index contributed by atoms with van der Waals surface area (Å²) in [6, 6.07) is 17.8. The van der Waals surface area contributed by atoms with E-state index in [-0.39, 0.29) is 28.4 Å². The second kappa shape index (κ2) is 10.2. The second-order valence-electron chi connectivity index (χ2n) is 8.22. The van der Waals surface area contributed by atoms with E-state index >= 15 is 0 Å². The van der Waals surface area contributed by atoms with Crippen molar-refractivity contribution in [2.24, 2.45) is 0 Å². The highest BCUT2D eigenvalue weighted by Crippen LogP contribution is 2.21. The molecule has 33 heavy (non-hydrogen) atoms. The van der Waals surface area contributed by atoms with Crippen molar-refractivity contribution < 1.29 is 22.4 Å². The van der Waals surface area contributed by atoms with Crippen molar-refractivity contribution in [1.29, 1.82) is 0 Å². The molecule has 2 aromatic carbocycles. The van der Waals surface area contributed by atoms with E-state index in [1.807, 2.05) is 18.2 Å². The van der Waals surface area contributed by atoms with Gasteiger partial charge in [-0.1, -0.05) is 30.3 Å². The monoisotopic (exact) mass is 468 g/mol. The smallest absolute Gasteiger partial charge is 0.287 e. The van der Waals surface area contributed by atoms with Crippen LogP contribution in [-0.2, 0) is 22.1 Å². The van der Waals surface area contributed by atoms with E-state index in [9.17, 15) is 13.2 Å². The minimum atomic E-state index is -3.57. The molecule has 174 valence electrons. The summed E-state index contributed by atoms with van der Waals surface area (Å²) in [4.78, 5) is 15.4. The summed E-state index contributed by atoms with van der Waals surface area (Å²) < 4.78 is 36.1. The molecule has 7 nitrogen and oxygen atoms in total. The number of sulfone groups is 1. The number of nitrogens with zero attached hydrogens (tertiary/aromatic N) is 1. The van der Waals surface area contributed by atoms with E-state index in [0.29, 0.717) is 5.56 Å². The van der Waals surface area contributed by atoms with Crippen molar-refractivity contribution in [1.82, 2.24) is 10.2 Å². The van der Waals surface area contributed by atoms with Gasteiger partial charge in [0.2, 0.25) is 0 Å². The number of hydrogen-bond donors (Lipinski definition) is 1. The van der Waals surface area contributed by atoms with Crippen molar-refractivity contribution in [2.45, 2.75) is 36.1 Å². The van der Waals surface area contributed by atoms with Crippen LogP contribution in [0.1, 0.15) is 34.5 Å². The minimum absolute atomic E-state index is 0.0164. The molecular weight excluding hydrogens is 440 g/mol. The molecule has 1 aliphatic rings. The zero-order chi connectivity index (χ0) is 23.3. The number of furan rings is 1. The van der Waals surface area contributed by atoms with Crippen LogP contribution in [0.3, 0.4) is 0 Å². The molecule has 8 heteroatoms. The fourth-order valence-corrected chi connectivity index (χ4v) is 5.46. The van der Waals surface area contributed by atoms with Gasteiger partial charge < -0.3 is 14.5 Å². The maximum Gasteiger partial charge on any atom is 0.287 e. The maximum absolute atomic E-state index is 12.8. The average Bonchev–Trinajstić information content (AvgIpc) is 3.28. The Labute approximate surface area is 194 Å². The maximum atomic E-state index is 12.8. The zero-order valence-corrected chi connectivity index (χ0v) is 19.4. The third-order valence-corrected chi connectivity index (χ3v) is 7.55. The van der Waals surface area contributed by atoms with Gasteiger partial charge in [0.25, 0.3) is 5.91 Å². The van der Waals surface area contributed by atoms with Gasteiger partial charge in [0.05, 0.1) is 24.0 Å². The second-order valence-corrected chi connectivity index (χ2v) is 10.2. The fraction of sp³-hybridized carbons (Fsp3) is 0.320. The number of amides is 1. The number of rotatable bonds is 8. The number of carbonyl (C=O) groups is 1. The van der Waals surface area contributed by atoms with Crippen LogP contribution in [0.5, 0.6) is 5.75 Å². The summed E-state index contributed by atoms with van der Waals surface area (Å²) in [6.45, 7) is 2.54. The largest absolute Gasteiger partial charge is 0.497 e. The Morgan fingerprint density at radius 1 is 1.09 bits per heavy atom. The summed E-state index contributed by atoms with van der Waals surface area (Å²) in [5.41, 5.74) is 1.56. The Balaban J connectivity index is 1.32. The highest BCUT2D eigenvalue weighted by atomic mass is 32.2. The first-order valence-electron chi connectivity index (χ1n) is 10.9. The van der Waals surface area contributed by atoms with E-state index in [4.69, 9.17) is 9.15 Å². The molecule has 0 spiro atoms. The number of likely N-dealkylation sites (tertiary alicyclic amines) is 1. The van der Waals surface area contributed by atoms with Crippen LogP contribution >= 0.6 is 0 Å². The van der Waals surface area contributed by atoms with Crippen LogP contribution in [0.15, 0.2) is 76.2 Å².